The van der Waals surface area contributed by atoms with Gasteiger partial charge in [0, 0.05) is 16.7 Å². The van der Waals surface area contributed by atoms with Crippen LogP contribution in [0.15, 0.2) is 18.2 Å². The van der Waals surface area contributed by atoms with Gasteiger partial charge in [-0.25, -0.2) is 4.79 Å². The number of fused-ring (bicyclic) bond motifs is 4. The number of carbonyl (C=O) groups is 3. The predicted octanol–water partition coefficient (Wildman–Crippen LogP) is 1.55. The van der Waals surface area contributed by atoms with Gasteiger partial charge in [0.05, 0.1) is 18.2 Å². The zero-order valence-electron chi connectivity index (χ0n) is 12.4. The average Bonchev–Trinajstić information content (AvgIpc) is 2.93. The standard InChI is InChI=1S/C17H10O7/c1-23-16-11-7(5-24-17(11)22)10-12(15(16)21)13(19)6-3-2-4-8(18)9(6)14(10)20/h2-4,18,21H,5H2,1H3. The van der Waals surface area contributed by atoms with E-state index in [0.29, 0.717) is 0 Å². The summed E-state index contributed by atoms with van der Waals surface area (Å²) in [6.45, 7) is -0.213. The van der Waals surface area contributed by atoms with E-state index >= 15 is 0 Å². The van der Waals surface area contributed by atoms with Crippen LogP contribution in [-0.4, -0.2) is 34.9 Å². The molecule has 2 aromatic carbocycles. The number of hydrogen-bond acceptors (Lipinski definition) is 7. The van der Waals surface area contributed by atoms with Gasteiger partial charge in [-0.2, -0.15) is 0 Å². The molecule has 0 atom stereocenters. The zero-order valence-corrected chi connectivity index (χ0v) is 12.4. The van der Waals surface area contributed by atoms with Crippen LogP contribution in [0.5, 0.6) is 17.2 Å². The lowest BCUT2D eigenvalue weighted by Gasteiger charge is -2.22. The van der Waals surface area contributed by atoms with Crippen LogP contribution in [0, 0.1) is 0 Å². The zero-order chi connectivity index (χ0) is 17.2. The molecule has 0 radical (unpaired) electrons. The van der Waals surface area contributed by atoms with E-state index in [1.54, 1.807) is 0 Å². The number of hydrogen-bond donors (Lipinski definition) is 2. The second kappa shape index (κ2) is 4.58. The molecule has 2 N–H and O–H groups in total. The quantitative estimate of drug-likeness (QED) is 0.653. The summed E-state index contributed by atoms with van der Waals surface area (Å²) >= 11 is 0. The molecule has 2 aliphatic rings. The second-order valence-electron chi connectivity index (χ2n) is 5.42. The summed E-state index contributed by atoms with van der Waals surface area (Å²) in [7, 11) is 1.24. The number of carbonyl (C=O) groups excluding carboxylic acids is 3. The highest BCUT2D eigenvalue weighted by Gasteiger charge is 2.42. The summed E-state index contributed by atoms with van der Waals surface area (Å²) in [5.41, 5.74) is -0.443. The maximum atomic E-state index is 12.9. The summed E-state index contributed by atoms with van der Waals surface area (Å²) in [5.74, 6) is -3.15. The van der Waals surface area contributed by atoms with E-state index in [1.165, 1.54) is 25.3 Å². The summed E-state index contributed by atoms with van der Waals surface area (Å²) in [5, 5.41) is 20.4. The van der Waals surface area contributed by atoms with Gasteiger partial charge in [-0.1, -0.05) is 12.1 Å². The molecule has 7 nitrogen and oxygen atoms in total. The number of cyclic esters (lactones) is 1. The van der Waals surface area contributed by atoms with Crippen LogP contribution in [0.25, 0.3) is 0 Å². The van der Waals surface area contributed by atoms with Crippen molar-refractivity contribution in [3.63, 3.8) is 0 Å². The van der Waals surface area contributed by atoms with E-state index in [0.717, 1.165) is 0 Å². The van der Waals surface area contributed by atoms with Crippen molar-refractivity contribution in [2.45, 2.75) is 6.61 Å². The van der Waals surface area contributed by atoms with Crippen molar-refractivity contribution < 1.29 is 34.1 Å². The summed E-state index contributed by atoms with van der Waals surface area (Å²) in [4.78, 5) is 37.6. The molecule has 0 bridgehead atoms. The first-order valence-electron chi connectivity index (χ1n) is 7.01. The van der Waals surface area contributed by atoms with Gasteiger partial charge in [-0.15, -0.1) is 0 Å². The minimum Gasteiger partial charge on any atom is -0.507 e. The molecule has 7 heteroatoms. The van der Waals surface area contributed by atoms with Crippen molar-refractivity contribution in [2.24, 2.45) is 0 Å². The van der Waals surface area contributed by atoms with Crippen molar-refractivity contribution in [1.29, 1.82) is 0 Å². The third kappa shape index (κ3) is 1.53. The Balaban J connectivity index is 2.15. The number of phenolic OH excluding ortho intramolecular Hbond substituents is 2. The number of aromatic hydroxyl groups is 2. The maximum absolute atomic E-state index is 12.9. The van der Waals surface area contributed by atoms with Crippen LogP contribution >= 0.6 is 0 Å². The molecule has 120 valence electrons. The Morgan fingerprint density at radius 1 is 1.00 bits per heavy atom. The second-order valence-corrected chi connectivity index (χ2v) is 5.42. The highest BCUT2D eigenvalue weighted by molar-refractivity contribution is 6.31. The van der Waals surface area contributed by atoms with E-state index in [4.69, 9.17) is 9.47 Å². The molecule has 0 spiro atoms. The SMILES string of the molecule is COc1c(O)c2c(c3c1C(=O)OC3)C(=O)c1c(O)cccc1C2=O. The summed E-state index contributed by atoms with van der Waals surface area (Å²) in [6.07, 6.45) is 0. The van der Waals surface area contributed by atoms with Gasteiger partial charge in [0.2, 0.25) is 0 Å². The molecule has 0 saturated heterocycles. The molecular formula is C17H10O7. The van der Waals surface area contributed by atoms with Crippen LogP contribution < -0.4 is 4.74 Å². The minimum absolute atomic E-state index is 0.0185. The van der Waals surface area contributed by atoms with Gasteiger partial charge in [-0.3, -0.25) is 9.59 Å². The van der Waals surface area contributed by atoms with Crippen molar-refractivity contribution >= 4 is 17.5 Å². The topological polar surface area (TPSA) is 110 Å². The molecule has 1 aliphatic carbocycles. The molecule has 24 heavy (non-hydrogen) atoms. The number of phenols is 2. The first kappa shape index (κ1) is 14.3. The number of rotatable bonds is 1. The number of methoxy groups -OCH3 is 1. The third-order valence-electron chi connectivity index (χ3n) is 4.26. The Kier molecular flexibility index (Phi) is 2.72. The molecule has 1 aliphatic heterocycles. The van der Waals surface area contributed by atoms with E-state index < -0.39 is 23.3 Å². The van der Waals surface area contributed by atoms with E-state index in [-0.39, 0.29) is 51.5 Å². The van der Waals surface area contributed by atoms with Crippen molar-refractivity contribution in [3.8, 4) is 17.2 Å². The predicted molar refractivity (Wildman–Crippen MR) is 78.8 cm³/mol. The van der Waals surface area contributed by atoms with Gasteiger partial charge in [-0.05, 0) is 6.07 Å². The van der Waals surface area contributed by atoms with Gasteiger partial charge >= 0.3 is 5.97 Å². The molecule has 4 rings (SSSR count). The number of ketones is 2. The summed E-state index contributed by atoms with van der Waals surface area (Å²) in [6, 6.07) is 4.11. The molecule has 0 saturated carbocycles. The normalized spacial score (nSPS) is 14.8. The van der Waals surface area contributed by atoms with Crippen LogP contribution in [0.1, 0.15) is 47.8 Å². The maximum Gasteiger partial charge on any atom is 0.342 e. The molecule has 0 fully saturated rings. The molecule has 2 aromatic rings. The lowest BCUT2D eigenvalue weighted by atomic mass is 9.79. The average molecular weight is 326 g/mol. The van der Waals surface area contributed by atoms with Gasteiger partial charge in [0.15, 0.2) is 23.1 Å². The fourth-order valence-electron chi connectivity index (χ4n) is 3.23. The molecule has 0 unspecified atom stereocenters. The van der Waals surface area contributed by atoms with Crippen molar-refractivity contribution in [3.05, 3.63) is 51.6 Å². The monoisotopic (exact) mass is 326 g/mol. The van der Waals surface area contributed by atoms with Crippen LogP contribution in [0.2, 0.25) is 0 Å². The molecular weight excluding hydrogens is 316 g/mol. The van der Waals surface area contributed by atoms with Crippen LogP contribution in [-0.2, 0) is 11.3 Å². The van der Waals surface area contributed by atoms with Gasteiger partial charge in [0.25, 0.3) is 0 Å². The smallest absolute Gasteiger partial charge is 0.342 e. The highest BCUT2D eigenvalue weighted by atomic mass is 16.5. The number of esters is 1. The third-order valence-corrected chi connectivity index (χ3v) is 4.26. The van der Waals surface area contributed by atoms with Crippen molar-refractivity contribution in [2.75, 3.05) is 7.11 Å². The summed E-state index contributed by atoms with van der Waals surface area (Å²) < 4.78 is 9.99. The van der Waals surface area contributed by atoms with Gasteiger partial charge in [0.1, 0.15) is 17.9 Å². The van der Waals surface area contributed by atoms with E-state index in [2.05, 4.69) is 0 Å². The fourth-order valence-corrected chi connectivity index (χ4v) is 3.23. The molecule has 0 aromatic heterocycles. The number of benzene rings is 2. The van der Waals surface area contributed by atoms with Crippen molar-refractivity contribution in [1.82, 2.24) is 0 Å². The fraction of sp³-hybridized carbons (Fsp3) is 0.118. The largest absolute Gasteiger partial charge is 0.507 e. The lowest BCUT2D eigenvalue weighted by molar-refractivity contribution is 0.0531. The minimum atomic E-state index is -0.747. The lowest BCUT2D eigenvalue weighted by Crippen LogP contribution is -2.23. The van der Waals surface area contributed by atoms with Crippen LogP contribution in [0.4, 0.5) is 0 Å². The first-order valence-corrected chi connectivity index (χ1v) is 7.01. The Morgan fingerprint density at radius 2 is 1.75 bits per heavy atom. The van der Waals surface area contributed by atoms with E-state index in [9.17, 15) is 24.6 Å². The first-order chi connectivity index (χ1) is 11.5. The Labute approximate surface area is 135 Å². The van der Waals surface area contributed by atoms with E-state index in [1.807, 2.05) is 0 Å². The Morgan fingerprint density at radius 3 is 2.46 bits per heavy atom. The van der Waals surface area contributed by atoms with Gasteiger partial charge < -0.3 is 19.7 Å². The molecule has 1 heterocycles. The highest BCUT2D eigenvalue weighted by Crippen LogP contribution is 2.47. The number of ether oxygens (including phenoxy) is 2. The van der Waals surface area contributed by atoms with Crippen LogP contribution in [0.3, 0.4) is 0 Å². The molecule has 0 amide bonds. The Bertz CT molecular complexity index is 972. The Hall–Kier alpha value is -3.35.